The van der Waals surface area contributed by atoms with Crippen molar-refractivity contribution < 1.29 is 14.3 Å². The smallest absolute Gasteiger partial charge is 0.321 e. The number of piperidine rings is 1. The Balaban J connectivity index is 1.57. The highest BCUT2D eigenvalue weighted by atomic mass is 79.9. The maximum absolute atomic E-state index is 12.3. The van der Waals surface area contributed by atoms with E-state index in [-0.39, 0.29) is 6.03 Å². The number of hydrogen-bond acceptors (Lipinski definition) is 3. The zero-order chi connectivity index (χ0) is 14.9. The molecule has 1 spiro atoms. The third kappa shape index (κ3) is 3.22. The summed E-state index contributed by atoms with van der Waals surface area (Å²) in [6.45, 7) is 4.62. The predicted molar refractivity (Wildman–Crippen MR) is 83.3 cm³/mol. The zero-order valence-electron chi connectivity index (χ0n) is 12.0. The molecule has 1 aromatic rings. The molecule has 2 fully saturated rings. The fourth-order valence-corrected chi connectivity index (χ4v) is 3.01. The van der Waals surface area contributed by atoms with Gasteiger partial charge in [0.25, 0.3) is 0 Å². The molecule has 2 heterocycles. The van der Waals surface area contributed by atoms with Crippen LogP contribution in [0.4, 0.5) is 10.5 Å². The Hall–Kier alpha value is -1.11. The number of hydrogen-bond donors (Lipinski definition) is 1. The van der Waals surface area contributed by atoms with E-state index in [0.29, 0.717) is 26.3 Å². The maximum Gasteiger partial charge on any atom is 0.321 e. The van der Waals surface area contributed by atoms with Gasteiger partial charge in [-0.2, -0.15) is 0 Å². The second kappa shape index (κ2) is 5.94. The Bertz CT molecular complexity index is 534. The topological polar surface area (TPSA) is 50.8 Å². The van der Waals surface area contributed by atoms with Gasteiger partial charge in [-0.15, -0.1) is 0 Å². The summed E-state index contributed by atoms with van der Waals surface area (Å²) in [7, 11) is 0. The Kier molecular flexibility index (Phi) is 4.19. The highest BCUT2D eigenvalue weighted by Gasteiger charge is 2.40. The van der Waals surface area contributed by atoms with Crippen LogP contribution in [-0.4, -0.2) is 43.0 Å². The third-order valence-corrected chi connectivity index (χ3v) is 4.92. The lowest BCUT2D eigenvalue weighted by Gasteiger charge is -2.37. The Morgan fingerprint density at radius 2 is 1.95 bits per heavy atom. The molecule has 21 heavy (non-hydrogen) atoms. The average molecular weight is 355 g/mol. The molecule has 2 saturated heterocycles. The van der Waals surface area contributed by atoms with Gasteiger partial charge in [0.05, 0.1) is 13.2 Å². The van der Waals surface area contributed by atoms with Crippen molar-refractivity contribution in [2.24, 2.45) is 0 Å². The van der Waals surface area contributed by atoms with Gasteiger partial charge in [-0.3, -0.25) is 0 Å². The zero-order valence-corrected chi connectivity index (χ0v) is 13.6. The number of rotatable bonds is 1. The molecule has 2 aliphatic rings. The van der Waals surface area contributed by atoms with Crippen LogP contribution in [0.15, 0.2) is 22.7 Å². The second-order valence-electron chi connectivity index (χ2n) is 5.49. The molecule has 0 atom stereocenters. The molecule has 0 aromatic heterocycles. The number of halogens is 1. The number of benzene rings is 1. The fraction of sp³-hybridized carbons (Fsp3) is 0.533. The van der Waals surface area contributed by atoms with Gasteiger partial charge in [-0.1, -0.05) is 15.9 Å². The molecule has 0 saturated carbocycles. The van der Waals surface area contributed by atoms with E-state index < -0.39 is 5.79 Å². The molecule has 114 valence electrons. The van der Waals surface area contributed by atoms with Crippen LogP contribution < -0.4 is 5.32 Å². The molecule has 2 amide bonds. The Morgan fingerprint density at radius 1 is 1.29 bits per heavy atom. The molecule has 2 aliphatic heterocycles. The number of nitrogens with one attached hydrogen (secondary N) is 1. The van der Waals surface area contributed by atoms with Gasteiger partial charge >= 0.3 is 6.03 Å². The van der Waals surface area contributed by atoms with Crippen LogP contribution in [0.1, 0.15) is 18.4 Å². The summed E-state index contributed by atoms with van der Waals surface area (Å²) >= 11 is 3.46. The van der Waals surface area contributed by atoms with Crippen LogP contribution in [0.2, 0.25) is 0 Å². The van der Waals surface area contributed by atoms with E-state index in [2.05, 4.69) is 21.2 Å². The van der Waals surface area contributed by atoms with Crippen LogP contribution in [0, 0.1) is 6.92 Å². The molecule has 1 aromatic carbocycles. The normalized spacial score (nSPS) is 20.8. The monoisotopic (exact) mass is 354 g/mol. The summed E-state index contributed by atoms with van der Waals surface area (Å²) in [5.74, 6) is -0.440. The summed E-state index contributed by atoms with van der Waals surface area (Å²) in [6, 6.07) is 5.72. The number of carbonyl (C=O) groups is 1. The quantitative estimate of drug-likeness (QED) is 0.842. The number of carbonyl (C=O) groups excluding carboxylic acids is 1. The van der Waals surface area contributed by atoms with E-state index in [1.807, 2.05) is 30.0 Å². The first-order valence-corrected chi connectivity index (χ1v) is 7.97. The molecule has 6 heteroatoms. The van der Waals surface area contributed by atoms with Crippen LogP contribution >= 0.6 is 15.9 Å². The lowest BCUT2D eigenvalue weighted by Crippen LogP contribution is -2.48. The molecule has 1 N–H and O–H groups in total. The van der Waals surface area contributed by atoms with Crippen molar-refractivity contribution in [3.8, 4) is 0 Å². The molecule has 5 nitrogen and oxygen atoms in total. The van der Waals surface area contributed by atoms with Gasteiger partial charge in [-0.25, -0.2) is 4.79 Å². The first kappa shape index (κ1) is 14.8. The lowest BCUT2D eigenvalue weighted by molar-refractivity contribution is -0.181. The number of likely N-dealkylation sites (tertiary alicyclic amines) is 1. The number of ether oxygens (including phenoxy) is 2. The highest BCUT2D eigenvalue weighted by molar-refractivity contribution is 9.10. The largest absolute Gasteiger partial charge is 0.347 e. The van der Waals surface area contributed by atoms with Crippen molar-refractivity contribution in [2.75, 3.05) is 31.6 Å². The van der Waals surface area contributed by atoms with Gasteiger partial charge in [0.15, 0.2) is 5.79 Å². The molecule has 0 bridgehead atoms. The van der Waals surface area contributed by atoms with E-state index in [0.717, 1.165) is 28.6 Å². The standard InChI is InChI=1S/C15H19BrN2O3/c1-11-10-12(2-3-13(11)16)17-14(19)18-6-4-15(5-7-18)20-8-9-21-15/h2-3,10H,4-9H2,1H3,(H,17,19). The molecular weight excluding hydrogens is 336 g/mol. The molecule has 0 unspecified atom stereocenters. The Labute approximate surface area is 132 Å². The molecular formula is C15H19BrN2O3. The average Bonchev–Trinajstić information content (AvgIpc) is 2.92. The van der Waals surface area contributed by atoms with Crippen LogP contribution in [0.25, 0.3) is 0 Å². The van der Waals surface area contributed by atoms with Gasteiger partial charge in [0, 0.05) is 36.1 Å². The fourth-order valence-electron chi connectivity index (χ4n) is 2.76. The number of aryl methyl sites for hydroxylation is 1. The van der Waals surface area contributed by atoms with Gasteiger partial charge in [0.1, 0.15) is 0 Å². The van der Waals surface area contributed by atoms with Gasteiger partial charge in [0.2, 0.25) is 0 Å². The van der Waals surface area contributed by atoms with Crippen molar-refractivity contribution in [1.29, 1.82) is 0 Å². The highest BCUT2D eigenvalue weighted by Crippen LogP contribution is 2.31. The lowest BCUT2D eigenvalue weighted by atomic mass is 10.0. The van der Waals surface area contributed by atoms with E-state index in [4.69, 9.17) is 9.47 Å². The maximum atomic E-state index is 12.3. The molecule has 3 rings (SSSR count). The van der Waals surface area contributed by atoms with E-state index in [1.165, 1.54) is 0 Å². The summed E-state index contributed by atoms with van der Waals surface area (Å²) in [4.78, 5) is 14.1. The van der Waals surface area contributed by atoms with Crippen LogP contribution in [-0.2, 0) is 9.47 Å². The van der Waals surface area contributed by atoms with Crippen molar-refractivity contribution >= 4 is 27.6 Å². The molecule has 0 radical (unpaired) electrons. The van der Waals surface area contributed by atoms with Gasteiger partial charge in [-0.05, 0) is 30.7 Å². The first-order valence-electron chi connectivity index (χ1n) is 7.18. The van der Waals surface area contributed by atoms with Gasteiger partial charge < -0.3 is 19.7 Å². The number of urea groups is 1. The minimum atomic E-state index is -0.440. The summed E-state index contributed by atoms with van der Waals surface area (Å²) < 4.78 is 12.4. The second-order valence-corrected chi connectivity index (χ2v) is 6.34. The summed E-state index contributed by atoms with van der Waals surface area (Å²) in [6.07, 6.45) is 1.47. The predicted octanol–water partition coefficient (Wildman–Crippen LogP) is 3.13. The van der Waals surface area contributed by atoms with Crippen molar-refractivity contribution in [1.82, 2.24) is 4.90 Å². The Morgan fingerprint density at radius 3 is 2.57 bits per heavy atom. The van der Waals surface area contributed by atoms with Crippen molar-refractivity contribution in [3.05, 3.63) is 28.2 Å². The van der Waals surface area contributed by atoms with Crippen molar-refractivity contribution in [2.45, 2.75) is 25.6 Å². The third-order valence-electron chi connectivity index (χ3n) is 4.04. The minimum absolute atomic E-state index is 0.0652. The summed E-state index contributed by atoms with van der Waals surface area (Å²) in [5, 5.41) is 2.94. The van der Waals surface area contributed by atoms with Crippen LogP contribution in [0.3, 0.4) is 0 Å². The van der Waals surface area contributed by atoms with Crippen LogP contribution in [0.5, 0.6) is 0 Å². The number of nitrogens with zero attached hydrogens (tertiary/aromatic N) is 1. The molecule has 0 aliphatic carbocycles. The van der Waals surface area contributed by atoms with E-state index in [1.54, 1.807) is 0 Å². The van der Waals surface area contributed by atoms with E-state index >= 15 is 0 Å². The summed E-state index contributed by atoms with van der Waals surface area (Å²) in [5.41, 5.74) is 1.91. The minimum Gasteiger partial charge on any atom is -0.347 e. The van der Waals surface area contributed by atoms with Crippen molar-refractivity contribution in [3.63, 3.8) is 0 Å². The SMILES string of the molecule is Cc1cc(NC(=O)N2CCC3(CC2)OCCO3)ccc1Br. The first-order chi connectivity index (χ1) is 10.1. The van der Waals surface area contributed by atoms with E-state index in [9.17, 15) is 4.79 Å². The number of anilines is 1. The number of amides is 2.